The molecule has 1 aliphatic rings. The first-order valence-corrected chi connectivity index (χ1v) is 8.35. The minimum absolute atomic E-state index is 0.0959. The fraction of sp³-hybridized carbons (Fsp3) is 0.400. The van der Waals surface area contributed by atoms with Crippen LogP contribution >= 0.6 is 0 Å². The van der Waals surface area contributed by atoms with Crippen LogP contribution in [-0.4, -0.2) is 40.3 Å². The number of esters is 1. The Labute approximate surface area is 147 Å². The molecule has 1 aromatic rings. The summed E-state index contributed by atoms with van der Waals surface area (Å²) in [6.07, 6.45) is 3.47. The molecule has 0 aromatic heterocycles. The van der Waals surface area contributed by atoms with Crippen molar-refractivity contribution in [3.8, 4) is 0 Å². The summed E-state index contributed by atoms with van der Waals surface area (Å²) in [5, 5.41) is 19.8. The van der Waals surface area contributed by atoms with E-state index in [1.807, 2.05) is 26.0 Å². The van der Waals surface area contributed by atoms with Gasteiger partial charge in [0.2, 0.25) is 0 Å². The molecule has 2 rings (SSSR count). The normalized spacial score (nSPS) is 27.8. The van der Waals surface area contributed by atoms with Crippen LogP contribution in [0.1, 0.15) is 46.8 Å². The molecule has 0 saturated heterocycles. The largest absolute Gasteiger partial charge is 0.459 e. The Bertz CT molecular complexity index is 717. The van der Waals surface area contributed by atoms with Gasteiger partial charge in [0.1, 0.15) is 12.2 Å². The Morgan fingerprint density at radius 3 is 2.44 bits per heavy atom. The van der Waals surface area contributed by atoms with E-state index in [9.17, 15) is 19.8 Å². The number of benzene rings is 1. The van der Waals surface area contributed by atoms with Crippen molar-refractivity contribution in [2.75, 3.05) is 0 Å². The zero-order chi connectivity index (χ0) is 18.6. The van der Waals surface area contributed by atoms with Crippen LogP contribution in [0.3, 0.4) is 0 Å². The van der Waals surface area contributed by atoms with Crippen LogP contribution in [0.4, 0.5) is 0 Å². The standard InChI is InChI=1S/C20H24O5/c1-12-10-13(2)18-15(11-12)7-5-9-17(22)19(23)16(21)8-4-6-14(3)25-20(18)24/h4-5,7-8,10-11,14,17,19,22-23H,6,9H2,1-3H3/b7-5+,8-4-/t14-,17-,19+/m0/s1. The van der Waals surface area contributed by atoms with E-state index in [1.54, 1.807) is 25.2 Å². The van der Waals surface area contributed by atoms with Crippen LogP contribution in [0.25, 0.3) is 6.08 Å². The summed E-state index contributed by atoms with van der Waals surface area (Å²) in [7, 11) is 0. The van der Waals surface area contributed by atoms with Gasteiger partial charge >= 0.3 is 5.97 Å². The third-order valence-corrected chi connectivity index (χ3v) is 4.10. The lowest BCUT2D eigenvalue weighted by Crippen LogP contribution is -2.32. The van der Waals surface area contributed by atoms with Gasteiger partial charge < -0.3 is 14.9 Å². The van der Waals surface area contributed by atoms with Gasteiger partial charge in [-0.2, -0.15) is 0 Å². The van der Waals surface area contributed by atoms with Crippen molar-refractivity contribution in [1.29, 1.82) is 0 Å². The SMILES string of the molecule is Cc1cc(C)c2c(c1)/C=C/C[C@H](O)[C@H](O)C(=O)/C=C\C[C@H](C)OC2=O. The van der Waals surface area contributed by atoms with E-state index in [-0.39, 0.29) is 6.42 Å². The van der Waals surface area contributed by atoms with Crippen LogP contribution in [0.15, 0.2) is 30.4 Å². The maximum atomic E-state index is 12.6. The Kier molecular flexibility index (Phi) is 6.28. The van der Waals surface area contributed by atoms with Crippen LogP contribution < -0.4 is 0 Å². The number of aliphatic hydroxyl groups excluding tert-OH is 2. The fourth-order valence-corrected chi connectivity index (χ4v) is 2.83. The molecular formula is C20H24O5. The molecule has 0 fully saturated rings. The van der Waals surface area contributed by atoms with Gasteiger partial charge in [-0.1, -0.05) is 35.9 Å². The van der Waals surface area contributed by atoms with Crippen LogP contribution in [0.5, 0.6) is 0 Å². The number of ketones is 1. The highest BCUT2D eigenvalue weighted by Gasteiger charge is 2.22. The molecule has 1 aliphatic heterocycles. The maximum absolute atomic E-state index is 12.6. The van der Waals surface area contributed by atoms with Crippen molar-refractivity contribution in [2.24, 2.45) is 0 Å². The summed E-state index contributed by atoms with van der Waals surface area (Å²) in [6, 6.07) is 3.78. The average molecular weight is 344 g/mol. The number of aryl methyl sites for hydroxylation is 2. The number of carbonyl (C=O) groups is 2. The Morgan fingerprint density at radius 1 is 1.04 bits per heavy atom. The highest BCUT2D eigenvalue weighted by Crippen LogP contribution is 2.21. The zero-order valence-electron chi connectivity index (χ0n) is 14.7. The molecular weight excluding hydrogens is 320 g/mol. The third-order valence-electron chi connectivity index (χ3n) is 4.10. The molecule has 0 aliphatic carbocycles. The highest BCUT2D eigenvalue weighted by molar-refractivity contribution is 5.96. The third kappa shape index (κ3) is 4.87. The van der Waals surface area contributed by atoms with Gasteiger partial charge in [0.15, 0.2) is 5.78 Å². The lowest BCUT2D eigenvalue weighted by molar-refractivity contribution is -0.127. The van der Waals surface area contributed by atoms with E-state index in [0.717, 1.165) is 11.1 Å². The molecule has 25 heavy (non-hydrogen) atoms. The molecule has 0 bridgehead atoms. The average Bonchev–Trinajstić information content (AvgIpc) is 2.52. The van der Waals surface area contributed by atoms with E-state index < -0.39 is 30.1 Å². The fourth-order valence-electron chi connectivity index (χ4n) is 2.83. The number of rotatable bonds is 0. The molecule has 0 saturated carbocycles. The molecule has 2 N–H and O–H groups in total. The van der Waals surface area contributed by atoms with E-state index in [2.05, 4.69) is 0 Å². The van der Waals surface area contributed by atoms with Gasteiger partial charge in [0, 0.05) is 6.42 Å². The minimum Gasteiger partial charge on any atom is -0.459 e. The summed E-state index contributed by atoms with van der Waals surface area (Å²) >= 11 is 0. The number of cyclic esters (lactones) is 1. The summed E-state index contributed by atoms with van der Waals surface area (Å²) < 4.78 is 5.48. The smallest absolute Gasteiger partial charge is 0.339 e. The molecule has 0 spiro atoms. The van der Waals surface area contributed by atoms with Gasteiger partial charge in [-0.25, -0.2) is 4.79 Å². The Balaban J connectivity index is 2.43. The summed E-state index contributed by atoms with van der Waals surface area (Å²) in [6.45, 7) is 5.53. The first-order chi connectivity index (χ1) is 11.8. The van der Waals surface area contributed by atoms with Gasteiger partial charge in [0.25, 0.3) is 0 Å². The second kappa shape index (κ2) is 8.23. The maximum Gasteiger partial charge on any atom is 0.339 e. The molecule has 3 atom stereocenters. The molecule has 5 nitrogen and oxygen atoms in total. The van der Waals surface area contributed by atoms with E-state index in [1.165, 1.54) is 6.08 Å². The number of hydrogen-bond donors (Lipinski definition) is 2. The first-order valence-electron chi connectivity index (χ1n) is 8.35. The van der Waals surface area contributed by atoms with Crippen molar-refractivity contribution in [3.05, 3.63) is 52.6 Å². The molecule has 5 heteroatoms. The zero-order valence-corrected chi connectivity index (χ0v) is 14.7. The van der Waals surface area contributed by atoms with Crippen LogP contribution in [0.2, 0.25) is 0 Å². The quantitative estimate of drug-likeness (QED) is 0.707. The summed E-state index contributed by atoms with van der Waals surface area (Å²) in [5.41, 5.74) is 2.99. The lowest BCUT2D eigenvalue weighted by Gasteiger charge is -2.17. The number of ether oxygens (including phenoxy) is 1. The van der Waals surface area contributed by atoms with Crippen molar-refractivity contribution < 1.29 is 24.5 Å². The topological polar surface area (TPSA) is 83.8 Å². The predicted molar refractivity (Wildman–Crippen MR) is 95.2 cm³/mol. The Hall–Kier alpha value is -2.24. The monoisotopic (exact) mass is 344 g/mol. The van der Waals surface area contributed by atoms with Crippen LogP contribution in [0, 0.1) is 13.8 Å². The van der Waals surface area contributed by atoms with E-state index in [0.29, 0.717) is 17.5 Å². The summed E-state index contributed by atoms with van der Waals surface area (Å²) in [4.78, 5) is 24.4. The van der Waals surface area contributed by atoms with Gasteiger partial charge in [-0.05, 0) is 44.4 Å². The summed E-state index contributed by atoms with van der Waals surface area (Å²) in [5.74, 6) is -0.981. The second-order valence-electron chi connectivity index (χ2n) is 6.45. The minimum atomic E-state index is -1.47. The number of carbonyl (C=O) groups excluding carboxylic acids is 2. The van der Waals surface area contributed by atoms with Crippen molar-refractivity contribution in [3.63, 3.8) is 0 Å². The van der Waals surface area contributed by atoms with Crippen molar-refractivity contribution in [1.82, 2.24) is 0 Å². The Morgan fingerprint density at radius 2 is 1.72 bits per heavy atom. The van der Waals surface area contributed by atoms with E-state index >= 15 is 0 Å². The lowest BCUT2D eigenvalue weighted by atomic mass is 9.97. The number of fused-ring (bicyclic) bond motifs is 1. The van der Waals surface area contributed by atoms with Crippen molar-refractivity contribution >= 4 is 17.8 Å². The van der Waals surface area contributed by atoms with Gasteiger partial charge in [-0.3, -0.25) is 4.79 Å². The highest BCUT2D eigenvalue weighted by atomic mass is 16.5. The van der Waals surface area contributed by atoms with Crippen LogP contribution in [-0.2, 0) is 9.53 Å². The molecule has 1 aromatic carbocycles. The molecule has 0 unspecified atom stereocenters. The van der Waals surface area contributed by atoms with Crippen molar-refractivity contribution in [2.45, 2.75) is 51.9 Å². The predicted octanol–water partition coefficient (Wildman–Crippen LogP) is 2.50. The first kappa shape index (κ1) is 19.1. The van der Waals surface area contributed by atoms with Gasteiger partial charge in [-0.15, -0.1) is 0 Å². The second-order valence-corrected chi connectivity index (χ2v) is 6.45. The van der Waals surface area contributed by atoms with Gasteiger partial charge in [0.05, 0.1) is 11.7 Å². The molecule has 134 valence electrons. The van der Waals surface area contributed by atoms with E-state index in [4.69, 9.17) is 4.74 Å². The molecule has 0 radical (unpaired) electrons. The number of aliphatic hydroxyl groups is 2. The molecule has 1 heterocycles. The molecule has 0 amide bonds. The number of hydrogen-bond acceptors (Lipinski definition) is 5.